The number of rotatable bonds is 5. The van der Waals surface area contributed by atoms with Gasteiger partial charge in [-0.3, -0.25) is 0 Å². The van der Waals surface area contributed by atoms with Gasteiger partial charge in [0.05, 0.1) is 17.9 Å². The third-order valence-corrected chi connectivity index (χ3v) is 4.63. The van der Waals surface area contributed by atoms with Crippen molar-refractivity contribution in [3.05, 3.63) is 89.2 Å². The van der Waals surface area contributed by atoms with E-state index in [1.165, 1.54) is 12.1 Å². The van der Waals surface area contributed by atoms with Crippen LogP contribution in [0.25, 0.3) is 11.3 Å². The molecule has 2 aromatic rings. The van der Waals surface area contributed by atoms with Crippen molar-refractivity contribution < 1.29 is 13.5 Å². The number of halogens is 2. The molecule has 0 saturated heterocycles. The van der Waals surface area contributed by atoms with Crippen molar-refractivity contribution in [2.45, 2.75) is 20.8 Å². The molecule has 1 aliphatic rings. The Balaban J connectivity index is 2.31. The maximum Gasteiger partial charge on any atom is 0.139 e. The molecule has 0 unspecified atom stereocenters. The van der Waals surface area contributed by atoms with Crippen LogP contribution in [-0.2, 0) is 0 Å². The predicted octanol–water partition coefficient (Wildman–Crippen LogP) is 6.03. The number of hydrogen-bond donors (Lipinski definition) is 0. The van der Waals surface area contributed by atoms with E-state index in [2.05, 4.69) is 6.58 Å². The van der Waals surface area contributed by atoms with Gasteiger partial charge in [-0.25, -0.2) is 8.78 Å². The molecule has 0 aliphatic carbocycles. The summed E-state index contributed by atoms with van der Waals surface area (Å²) < 4.78 is 35.3. The fraction of sp³-hybridized carbons (Fsp3) is 0.217. The van der Waals surface area contributed by atoms with Gasteiger partial charge in [-0.05, 0) is 38.0 Å². The average molecular weight is 367 g/mol. The minimum absolute atomic E-state index is 0.0657. The van der Waals surface area contributed by atoms with E-state index in [1.807, 2.05) is 55.2 Å². The van der Waals surface area contributed by atoms with E-state index in [0.29, 0.717) is 18.8 Å². The summed E-state index contributed by atoms with van der Waals surface area (Å²) in [7, 11) is 0. The van der Waals surface area contributed by atoms with Crippen molar-refractivity contribution in [2.75, 3.05) is 13.2 Å². The summed E-state index contributed by atoms with van der Waals surface area (Å²) in [6, 6.07) is 12.1. The van der Waals surface area contributed by atoms with Crippen LogP contribution >= 0.6 is 0 Å². The van der Waals surface area contributed by atoms with Crippen LogP contribution in [0.1, 0.15) is 31.9 Å². The van der Waals surface area contributed by atoms with Gasteiger partial charge < -0.3 is 9.64 Å². The highest BCUT2D eigenvalue weighted by atomic mass is 19.1. The van der Waals surface area contributed by atoms with Gasteiger partial charge in [-0.15, -0.1) is 0 Å². The number of allylic oxidation sites excluding steroid dienone is 3. The molecule has 0 fully saturated rings. The summed E-state index contributed by atoms with van der Waals surface area (Å²) in [6.07, 6.45) is 1.94. The number of benzene rings is 2. The van der Waals surface area contributed by atoms with Gasteiger partial charge in [0.15, 0.2) is 0 Å². The molecule has 0 atom stereocenters. The average Bonchev–Trinajstić information content (AvgIpc) is 2.65. The second-order valence-electron chi connectivity index (χ2n) is 6.34. The molecule has 0 N–H and O–H groups in total. The summed E-state index contributed by atoms with van der Waals surface area (Å²) >= 11 is 0. The first-order chi connectivity index (χ1) is 13.0. The van der Waals surface area contributed by atoms with E-state index < -0.39 is 11.6 Å². The standard InChI is InChI=1S/C23H23F2NO/c1-5-26-16(4)15(3)12-19(17-10-8-7-9-11-17)23(26)22-20(24)13-18(27-6-2)14-21(22)25/h7-14H,4-6H2,1-3H3. The van der Waals surface area contributed by atoms with Gasteiger partial charge in [0.25, 0.3) is 0 Å². The first-order valence-corrected chi connectivity index (χ1v) is 9.04. The number of likely N-dealkylation sites (N-methyl/N-ethyl adjacent to an activating group) is 1. The van der Waals surface area contributed by atoms with Gasteiger partial charge in [0.1, 0.15) is 17.4 Å². The van der Waals surface area contributed by atoms with Crippen molar-refractivity contribution in [1.82, 2.24) is 4.90 Å². The Morgan fingerprint density at radius 1 is 1.04 bits per heavy atom. The Morgan fingerprint density at radius 3 is 2.22 bits per heavy atom. The lowest BCUT2D eigenvalue weighted by molar-refractivity contribution is 0.335. The largest absolute Gasteiger partial charge is 0.494 e. The number of nitrogens with zero attached hydrogens (tertiary/aromatic N) is 1. The second kappa shape index (κ2) is 7.78. The van der Waals surface area contributed by atoms with Gasteiger partial charge in [0, 0.05) is 29.9 Å². The van der Waals surface area contributed by atoms with Crippen LogP contribution in [0, 0.1) is 11.6 Å². The lowest BCUT2D eigenvalue weighted by Crippen LogP contribution is -2.26. The smallest absolute Gasteiger partial charge is 0.139 e. The molecule has 0 radical (unpaired) electrons. The molecule has 140 valence electrons. The molecule has 0 bridgehead atoms. The molecule has 2 aromatic carbocycles. The molecule has 3 rings (SSSR count). The van der Waals surface area contributed by atoms with Crippen LogP contribution < -0.4 is 4.74 Å². The van der Waals surface area contributed by atoms with E-state index in [4.69, 9.17) is 4.74 Å². The summed E-state index contributed by atoms with van der Waals surface area (Å²) in [5, 5.41) is 0. The first kappa shape index (κ1) is 18.9. The Labute approximate surface area is 159 Å². The highest BCUT2D eigenvalue weighted by molar-refractivity contribution is 5.98. The molecule has 27 heavy (non-hydrogen) atoms. The second-order valence-corrected chi connectivity index (χ2v) is 6.34. The molecule has 0 aromatic heterocycles. The van der Waals surface area contributed by atoms with Crippen LogP contribution in [0.2, 0.25) is 0 Å². The van der Waals surface area contributed by atoms with Crippen LogP contribution in [0.15, 0.2) is 66.4 Å². The fourth-order valence-corrected chi connectivity index (χ4v) is 3.34. The highest BCUT2D eigenvalue weighted by Gasteiger charge is 2.28. The Kier molecular flexibility index (Phi) is 5.45. The van der Waals surface area contributed by atoms with Gasteiger partial charge in [-0.2, -0.15) is 0 Å². The summed E-state index contributed by atoms with van der Waals surface area (Å²) in [4.78, 5) is 1.86. The van der Waals surface area contributed by atoms with Crippen LogP contribution in [0.5, 0.6) is 5.75 Å². The van der Waals surface area contributed by atoms with Gasteiger partial charge >= 0.3 is 0 Å². The van der Waals surface area contributed by atoms with Crippen molar-refractivity contribution in [3.63, 3.8) is 0 Å². The molecule has 4 heteroatoms. The maximum atomic E-state index is 15.0. The Bertz CT molecular complexity index is 906. The molecule has 1 heterocycles. The van der Waals surface area contributed by atoms with E-state index >= 15 is 8.78 Å². The predicted molar refractivity (Wildman–Crippen MR) is 106 cm³/mol. The maximum absolute atomic E-state index is 15.0. The topological polar surface area (TPSA) is 12.5 Å². The minimum Gasteiger partial charge on any atom is -0.494 e. The lowest BCUT2D eigenvalue weighted by atomic mass is 9.91. The van der Waals surface area contributed by atoms with Crippen molar-refractivity contribution >= 4 is 11.3 Å². The minimum atomic E-state index is -0.652. The molecular formula is C23H23F2NO. The monoisotopic (exact) mass is 367 g/mol. The molecule has 0 saturated carbocycles. The van der Waals surface area contributed by atoms with E-state index in [1.54, 1.807) is 6.92 Å². The van der Waals surface area contributed by atoms with Gasteiger partial charge in [0.2, 0.25) is 0 Å². The third kappa shape index (κ3) is 3.52. The fourth-order valence-electron chi connectivity index (χ4n) is 3.34. The molecule has 1 aliphatic heterocycles. The normalized spacial score (nSPS) is 14.5. The Morgan fingerprint density at radius 2 is 1.67 bits per heavy atom. The molecule has 0 amide bonds. The zero-order valence-corrected chi connectivity index (χ0v) is 15.9. The first-order valence-electron chi connectivity index (χ1n) is 9.04. The van der Waals surface area contributed by atoms with Crippen LogP contribution in [0.4, 0.5) is 8.78 Å². The van der Waals surface area contributed by atoms with Crippen molar-refractivity contribution in [3.8, 4) is 5.75 Å². The zero-order valence-electron chi connectivity index (χ0n) is 15.9. The Hall–Kier alpha value is -2.88. The SMILES string of the molecule is C=C1C(C)=CC(c2ccccc2)=C(c2c(F)cc(OCC)cc2F)N1CC. The third-order valence-electron chi connectivity index (χ3n) is 4.63. The summed E-state index contributed by atoms with van der Waals surface area (Å²) in [5.41, 5.74) is 3.78. The summed E-state index contributed by atoms with van der Waals surface area (Å²) in [6.45, 7) is 10.7. The van der Waals surface area contributed by atoms with E-state index in [9.17, 15) is 0 Å². The molecule has 0 spiro atoms. The van der Waals surface area contributed by atoms with Crippen LogP contribution in [-0.4, -0.2) is 18.1 Å². The van der Waals surface area contributed by atoms with Crippen LogP contribution in [0.3, 0.4) is 0 Å². The highest BCUT2D eigenvalue weighted by Crippen LogP contribution is 2.41. The van der Waals surface area contributed by atoms with Crippen molar-refractivity contribution in [1.29, 1.82) is 0 Å². The summed E-state index contributed by atoms with van der Waals surface area (Å²) in [5.74, 6) is -1.12. The van der Waals surface area contributed by atoms with E-state index in [-0.39, 0.29) is 11.3 Å². The lowest BCUT2D eigenvalue weighted by Gasteiger charge is -2.34. The van der Waals surface area contributed by atoms with E-state index in [0.717, 1.165) is 22.4 Å². The number of hydrogen-bond acceptors (Lipinski definition) is 2. The zero-order chi connectivity index (χ0) is 19.6. The van der Waals surface area contributed by atoms with Gasteiger partial charge in [-0.1, -0.05) is 36.9 Å². The number of ether oxygens (including phenoxy) is 1. The quantitative estimate of drug-likeness (QED) is 0.640. The molecular weight excluding hydrogens is 344 g/mol. The molecule has 2 nitrogen and oxygen atoms in total. The van der Waals surface area contributed by atoms with Crippen molar-refractivity contribution in [2.24, 2.45) is 0 Å².